The fraction of sp³-hybridized carbons (Fsp3) is 0.464. The summed E-state index contributed by atoms with van der Waals surface area (Å²) in [5, 5.41) is 0. The minimum Gasteiger partial charge on any atom is -0.497 e. The van der Waals surface area contributed by atoms with Gasteiger partial charge in [0.25, 0.3) is 0 Å². The monoisotopic (exact) mass is 416 g/mol. The smallest absolute Gasteiger partial charge is 0.139 e. The number of carbonyl (C=O) groups is 1. The van der Waals surface area contributed by atoms with Crippen LogP contribution in [0.3, 0.4) is 0 Å². The highest BCUT2D eigenvalue weighted by Crippen LogP contribution is 2.59. The van der Waals surface area contributed by atoms with E-state index in [4.69, 9.17) is 9.47 Å². The molecule has 0 radical (unpaired) electrons. The van der Waals surface area contributed by atoms with Crippen molar-refractivity contribution < 1.29 is 14.3 Å². The van der Waals surface area contributed by atoms with Gasteiger partial charge in [-0.25, -0.2) is 0 Å². The summed E-state index contributed by atoms with van der Waals surface area (Å²) in [6.45, 7) is 2.25. The van der Waals surface area contributed by atoms with Crippen LogP contribution in [0.1, 0.15) is 67.2 Å². The van der Waals surface area contributed by atoms with E-state index >= 15 is 0 Å². The molecule has 0 spiro atoms. The second-order valence-corrected chi connectivity index (χ2v) is 9.73. The van der Waals surface area contributed by atoms with Gasteiger partial charge in [-0.3, -0.25) is 4.79 Å². The molecule has 2 aromatic carbocycles. The first kappa shape index (κ1) is 20.4. The Bertz CT molecular complexity index is 1020. The van der Waals surface area contributed by atoms with E-state index in [0.717, 1.165) is 54.7 Å². The molecule has 31 heavy (non-hydrogen) atoms. The van der Waals surface area contributed by atoms with Crippen LogP contribution in [0.15, 0.2) is 36.4 Å². The normalized spacial score (nSPS) is 29.4. The highest BCUT2D eigenvalue weighted by atomic mass is 16.5. The summed E-state index contributed by atoms with van der Waals surface area (Å²) < 4.78 is 11.0. The molecule has 0 heterocycles. The molecule has 2 fully saturated rings. The summed E-state index contributed by atoms with van der Waals surface area (Å²) >= 11 is 0. The molecular weight excluding hydrogens is 384 g/mol. The zero-order valence-electron chi connectivity index (χ0n) is 18.8. The Hall–Kier alpha value is -2.55. The lowest BCUT2D eigenvalue weighted by atomic mass is 9.55. The van der Waals surface area contributed by atoms with Crippen molar-refractivity contribution in [1.82, 2.24) is 0 Å². The third-order valence-electron chi connectivity index (χ3n) is 8.36. The van der Waals surface area contributed by atoms with Crippen molar-refractivity contribution in [1.29, 1.82) is 0 Å². The molecule has 0 N–H and O–H groups in total. The lowest BCUT2D eigenvalue weighted by molar-refractivity contribution is -0.129. The maximum atomic E-state index is 12.6. The number of aryl methyl sites for hydroxylation is 1. The van der Waals surface area contributed by atoms with Gasteiger partial charge in [-0.2, -0.15) is 0 Å². The van der Waals surface area contributed by atoms with E-state index in [1.54, 1.807) is 14.2 Å². The van der Waals surface area contributed by atoms with Gasteiger partial charge in [0.05, 0.1) is 14.2 Å². The van der Waals surface area contributed by atoms with Crippen LogP contribution in [0.4, 0.5) is 0 Å². The van der Waals surface area contributed by atoms with Crippen LogP contribution < -0.4 is 9.47 Å². The summed E-state index contributed by atoms with van der Waals surface area (Å²) in [5.41, 5.74) is 5.13. The Morgan fingerprint density at radius 2 is 1.77 bits per heavy atom. The Labute approximate surface area is 185 Å². The third-order valence-corrected chi connectivity index (χ3v) is 8.36. The topological polar surface area (TPSA) is 35.5 Å². The molecule has 162 valence electrons. The predicted octanol–water partition coefficient (Wildman–Crippen LogP) is 6.30. The molecule has 3 nitrogen and oxygen atoms in total. The van der Waals surface area contributed by atoms with Gasteiger partial charge in [-0.15, -0.1) is 0 Å². The minimum atomic E-state index is -0.0672. The van der Waals surface area contributed by atoms with E-state index in [0.29, 0.717) is 23.5 Å². The molecule has 3 aliphatic carbocycles. The van der Waals surface area contributed by atoms with Crippen LogP contribution in [0.5, 0.6) is 11.5 Å². The molecule has 0 bridgehead atoms. The van der Waals surface area contributed by atoms with Crippen LogP contribution in [0.25, 0.3) is 12.2 Å². The Balaban J connectivity index is 1.47. The molecule has 0 aliphatic heterocycles. The largest absolute Gasteiger partial charge is 0.497 e. The molecule has 0 amide bonds. The van der Waals surface area contributed by atoms with E-state index in [9.17, 15) is 4.79 Å². The van der Waals surface area contributed by atoms with Crippen molar-refractivity contribution >= 4 is 17.9 Å². The second kappa shape index (κ2) is 7.85. The molecule has 0 aromatic heterocycles. The first-order valence-corrected chi connectivity index (χ1v) is 11.6. The maximum Gasteiger partial charge on any atom is 0.139 e. The Morgan fingerprint density at radius 3 is 2.52 bits per heavy atom. The number of hydrogen-bond acceptors (Lipinski definition) is 3. The molecule has 0 saturated heterocycles. The van der Waals surface area contributed by atoms with Crippen LogP contribution in [0.2, 0.25) is 0 Å². The number of fused-ring (bicyclic) bond motifs is 5. The molecule has 3 heteroatoms. The number of benzene rings is 2. The maximum absolute atomic E-state index is 12.6. The molecule has 0 unspecified atom stereocenters. The number of hydrogen-bond donors (Lipinski definition) is 0. The average Bonchev–Trinajstić information content (AvgIpc) is 3.11. The highest BCUT2D eigenvalue weighted by Gasteiger charge is 2.54. The fourth-order valence-corrected chi connectivity index (χ4v) is 6.60. The average molecular weight is 417 g/mol. The molecule has 4 atom stereocenters. The number of Topliss-reactive ketones (excluding diaryl/α,β-unsaturated/α-hetero) is 1. The van der Waals surface area contributed by atoms with Crippen LogP contribution in [-0.4, -0.2) is 20.0 Å². The van der Waals surface area contributed by atoms with Crippen LogP contribution >= 0.6 is 0 Å². The first-order chi connectivity index (χ1) is 15.0. The van der Waals surface area contributed by atoms with Crippen molar-refractivity contribution in [2.24, 2.45) is 17.3 Å². The van der Waals surface area contributed by atoms with Crippen molar-refractivity contribution in [2.45, 2.75) is 51.4 Å². The Morgan fingerprint density at radius 1 is 0.968 bits per heavy atom. The van der Waals surface area contributed by atoms with Gasteiger partial charge in [0, 0.05) is 17.4 Å². The number of rotatable bonds is 4. The summed E-state index contributed by atoms with van der Waals surface area (Å²) in [4.78, 5) is 12.6. The summed E-state index contributed by atoms with van der Waals surface area (Å²) in [6.07, 6.45) is 10.6. The van der Waals surface area contributed by atoms with Crippen LogP contribution in [0, 0.1) is 17.3 Å². The highest BCUT2D eigenvalue weighted by molar-refractivity contribution is 5.87. The van der Waals surface area contributed by atoms with Gasteiger partial charge < -0.3 is 9.47 Å². The van der Waals surface area contributed by atoms with E-state index in [-0.39, 0.29) is 5.41 Å². The molecular formula is C28H32O3. The SMILES string of the molecule is COc1ccc(/C=C\c2cc3c(cc2OC)CC[C@@H]2[C@@H]3CC[C@@]3(C)C(=O)CC[C@@H]23)cc1. The lowest BCUT2D eigenvalue weighted by Gasteiger charge is -2.48. The fourth-order valence-electron chi connectivity index (χ4n) is 6.60. The summed E-state index contributed by atoms with van der Waals surface area (Å²) in [7, 11) is 3.44. The minimum absolute atomic E-state index is 0.0672. The molecule has 3 aliphatic rings. The summed E-state index contributed by atoms with van der Waals surface area (Å²) in [5.74, 6) is 4.10. The number of ether oxygens (including phenoxy) is 2. The first-order valence-electron chi connectivity index (χ1n) is 11.6. The van der Waals surface area contributed by atoms with Gasteiger partial charge >= 0.3 is 0 Å². The van der Waals surface area contributed by atoms with Gasteiger partial charge in [-0.1, -0.05) is 31.2 Å². The molecule has 2 saturated carbocycles. The van der Waals surface area contributed by atoms with Crippen LogP contribution in [-0.2, 0) is 11.2 Å². The number of ketones is 1. The zero-order chi connectivity index (χ0) is 21.6. The van der Waals surface area contributed by atoms with Crippen molar-refractivity contribution in [3.63, 3.8) is 0 Å². The van der Waals surface area contributed by atoms with Gasteiger partial charge in [0.2, 0.25) is 0 Å². The van der Waals surface area contributed by atoms with Gasteiger partial charge in [0.15, 0.2) is 0 Å². The van der Waals surface area contributed by atoms with Crippen molar-refractivity contribution in [2.75, 3.05) is 14.2 Å². The number of carbonyl (C=O) groups excluding carboxylic acids is 1. The Kier molecular flexibility index (Phi) is 5.16. The van der Waals surface area contributed by atoms with Crippen molar-refractivity contribution in [3.05, 3.63) is 58.7 Å². The van der Waals surface area contributed by atoms with Gasteiger partial charge in [-0.05, 0) is 90.8 Å². The van der Waals surface area contributed by atoms with Crippen molar-refractivity contribution in [3.8, 4) is 11.5 Å². The van der Waals surface area contributed by atoms with E-state index in [1.807, 2.05) is 12.1 Å². The number of methoxy groups -OCH3 is 2. The summed E-state index contributed by atoms with van der Waals surface area (Å²) in [6, 6.07) is 12.7. The zero-order valence-corrected chi connectivity index (χ0v) is 18.8. The third kappa shape index (κ3) is 3.39. The second-order valence-electron chi connectivity index (χ2n) is 9.73. The predicted molar refractivity (Wildman–Crippen MR) is 125 cm³/mol. The standard InChI is InChI=1S/C28H32O3/c1-28-15-14-22-23(25(28)12-13-27(28)29)11-8-19-17-26(31-3)20(16-24(19)22)7-4-18-5-9-21(30-2)10-6-18/h4-7,9-10,16-17,22-23,25H,8,11-15H2,1-3H3/b7-4-/t22-,23+,25-,28+/m0/s1. The van der Waals surface area contributed by atoms with E-state index in [1.165, 1.54) is 17.5 Å². The van der Waals surface area contributed by atoms with Gasteiger partial charge in [0.1, 0.15) is 17.3 Å². The molecule has 2 aromatic rings. The van der Waals surface area contributed by atoms with E-state index < -0.39 is 0 Å². The van der Waals surface area contributed by atoms with E-state index in [2.05, 4.69) is 43.3 Å². The molecule has 5 rings (SSSR count). The quantitative estimate of drug-likeness (QED) is 0.549. The lowest BCUT2D eigenvalue weighted by Crippen LogP contribution is -2.42.